The molecule has 0 heterocycles. The Bertz CT molecular complexity index is 1230. The molecule has 3 heteroatoms. The van der Waals surface area contributed by atoms with E-state index in [1.54, 1.807) is 0 Å². The van der Waals surface area contributed by atoms with Gasteiger partial charge in [0.05, 0.1) is 22.8 Å². The van der Waals surface area contributed by atoms with Gasteiger partial charge in [-0.1, -0.05) is 70.2 Å². The molecular weight excluding hydrogens is 462 g/mol. The van der Waals surface area contributed by atoms with Gasteiger partial charge in [-0.15, -0.1) is 0 Å². The van der Waals surface area contributed by atoms with Gasteiger partial charge in [-0.05, 0) is 110 Å². The summed E-state index contributed by atoms with van der Waals surface area (Å²) in [6, 6.07) is 17.8. The summed E-state index contributed by atoms with van der Waals surface area (Å²) in [5.41, 5.74) is 6.88. The molecule has 2 bridgehead atoms. The number of benzene rings is 2. The molecule has 198 valence electrons. The van der Waals surface area contributed by atoms with Crippen LogP contribution in [0.3, 0.4) is 0 Å². The Morgan fingerprint density at radius 2 is 1.32 bits per heavy atom. The number of nitriles is 3. The molecule has 2 aromatic carbocycles. The third-order valence-corrected chi connectivity index (χ3v) is 9.83. The molecule has 0 radical (unpaired) electrons. The number of fused-ring (bicyclic) bond motifs is 3. The highest BCUT2D eigenvalue weighted by atomic mass is 14.5. The molecule has 3 saturated carbocycles. The molecule has 38 heavy (non-hydrogen) atoms. The summed E-state index contributed by atoms with van der Waals surface area (Å²) in [7, 11) is 0. The highest BCUT2D eigenvalue weighted by molar-refractivity contribution is 5.57. The van der Waals surface area contributed by atoms with Gasteiger partial charge in [-0.25, -0.2) is 0 Å². The van der Waals surface area contributed by atoms with Gasteiger partial charge in [0.1, 0.15) is 12.1 Å². The van der Waals surface area contributed by atoms with Crippen LogP contribution in [0.1, 0.15) is 136 Å². The second kappa shape index (κ2) is 12.6. The lowest BCUT2D eigenvalue weighted by molar-refractivity contribution is 0.0304. The molecular formula is C35H43N3. The Kier molecular flexibility index (Phi) is 9.29. The number of unbranched alkanes of at least 4 members (excludes halogenated alkanes) is 4. The molecule has 3 fully saturated rings. The van der Waals surface area contributed by atoms with Crippen molar-refractivity contribution < 1.29 is 0 Å². The Morgan fingerprint density at radius 1 is 0.658 bits per heavy atom. The number of aryl methyl sites for hydroxylation is 3. The fourth-order valence-corrected chi connectivity index (χ4v) is 7.28. The summed E-state index contributed by atoms with van der Waals surface area (Å²) in [5, 5.41) is 30.1. The largest absolute Gasteiger partial charge is 0.192 e. The lowest BCUT2D eigenvalue weighted by Gasteiger charge is -2.54. The second-order valence-corrected chi connectivity index (χ2v) is 12.0. The molecule has 2 aromatic rings. The van der Waals surface area contributed by atoms with Gasteiger partial charge in [-0.3, -0.25) is 0 Å². The van der Waals surface area contributed by atoms with Crippen LogP contribution in [-0.4, -0.2) is 0 Å². The molecule has 0 atom stereocenters. The van der Waals surface area contributed by atoms with Gasteiger partial charge in [0, 0.05) is 0 Å². The number of rotatable bonds is 12. The quantitative estimate of drug-likeness (QED) is 0.270. The molecule has 0 N–H and O–H groups in total. The summed E-state index contributed by atoms with van der Waals surface area (Å²) in [6.07, 6.45) is 18.4. The third-order valence-electron chi connectivity index (χ3n) is 9.83. The van der Waals surface area contributed by atoms with E-state index < -0.39 is 0 Å². The van der Waals surface area contributed by atoms with E-state index in [0.29, 0.717) is 23.0 Å². The lowest BCUT2D eigenvalue weighted by atomic mass is 9.50. The van der Waals surface area contributed by atoms with Crippen LogP contribution in [0.25, 0.3) is 0 Å². The van der Waals surface area contributed by atoms with Crippen molar-refractivity contribution in [2.24, 2.45) is 5.41 Å². The SMILES string of the molecule is CCCCCc1ccc(CCc2ccc(C34CCC(CCCCC)(CC3)CC4)c(C#N)c2C#N)cc1C#N. The topological polar surface area (TPSA) is 71.4 Å². The predicted molar refractivity (Wildman–Crippen MR) is 154 cm³/mol. The smallest absolute Gasteiger partial charge is 0.101 e. The first kappa shape index (κ1) is 27.9. The molecule has 3 aliphatic carbocycles. The molecule has 3 aliphatic rings. The average Bonchev–Trinajstić information content (AvgIpc) is 2.97. The van der Waals surface area contributed by atoms with Gasteiger partial charge in [0.15, 0.2) is 0 Å². The fourth-order valence-electron chi connectivity index (χ4n) is 7.28. The fraction of sp³-hybridized carbons (Fsp3) is 0.571. The third kappa shape index (κ3) is 5.82. The van der Waals surface area contributed by atoms with Crippen molar-refractivity contribution in [2.75, 3.05) is 0 Å². The normalized spacial score (nSPS) is 22.0. The molecule has 0 amide bonds. The number of hydrogen-bond donors (Lipinski definition) is 0. The minimum Gasteiger partial charge on any atom is -0.192 e. The van der Waals surface area contributed by atoms with E-state index in [0.717, 1.165) is 66.3 Å². The molecule has 0 aliphatic heterocycles. The number of hydrogen-bond acceptors (Lipinski definition) is 3. The maximum Gasteiger partial charge on any atom is 0.101 e. The van der Waals surface area contributed by atoms with Crippen LogP contribution in [0.15, 0.2) is 30.3 Å². The maximum absolute atomic E-state index is 10.2. The zero-order valence-electron chi connectivity index (χ0n) is 23.5. The van der Waals surface area contributed by atoms with E-state index in [9.17, 15) is 15.8 Å². The average molecular weight is 506 g/mol. The van der Waals surface area contributed by atoms with Crippen molar-refractivity contribution in [2.45, 2.75) is 122 Å². The molecule has 0 aromatic heterocycles. The minimum absolute atomic E-state index is 0.0665. The van der Waals surface area contributed by atoms with Crippen LogP contribution in [0.5, 0.6) is 0 Å². The van der Waals surface area contributed by atoms with E-state index in [1.807, 2.05) is 6.07 Å². The molecule has 0 unspecified atom stereocenters. The van der Waals surface area contributed by atoms with E-state index >= 15 is 0 Å². The van der Waals surface area contributed by atoms with Crippen molar-refractivity contribution in [1.29, 1.82) is 15.8 Å². The van der Waals surface area contributed by atoms with Gasteiger partial charge >= 0.3 is 0 Å². The van der Waals surface area contributed by atoms with Crippen molar-refractivity contribution in [1.82, 2.24) is 0 Å². The van der Waals surface area contributed by atoms with Crippen LogP contribution in [-0.2, 0) is 24.7 Å². The van der Waals surface area contributed by atoms with Crippen LogP contribution >= 0.6 is 0 Å². The summed E-state index contributed by atoms with van der Waals surface area (Å²) < 4.78 is 0. The molecule has 5 rings (SSSR count). The zero-order valence-corrected chi connectivity index (χ0v) is 23.5. The monoisotopic (exact) mass is 505 g/mol. The van der Waals surface area contributed by atoms with Crippen LogP contribution in [0, 0.1) is 39.4 Å². The summed E-state index contributed by atoms with van der Waals surface area (Å²) in [4.78, 5) is 0. The Balaban J connectivity index is 1.50. The number of nitrogens with zero attached hydrogens (tertiary/aromatic N) is 3. The summed E-state index contributed by atoms with van der Waals surface area (Å²) in [6.45, 7) is 4.47. The maximum atomic E-state index is 10.2. The van der Waals surface area contributed by atoms with Crippen LogP contribution in [0.4, 0.5) is 0 Å². The van der Waals surface area contributed by atoms with Gasteiger partial charge in [0.2, 0.25) is 0 Å². The van der Waals surface area contributed by atoms with Crippen molar-refractivity contribution in [3.8, 4) is 18.2 Å². The summed E-state index contributed by atoms with van der Waals surface area (Å²) >= 11 is 0. The first-order chi connectivity index (χ1) is 18.5. The predicted octanol–water partition coefficient (Wildman–Crippen LogP) is 8.99. The molecule has 0 saturated heterocycles. The van der Waals surface area contributed by atoms with E-state index in [2.05, 4.69) is 56.3 Å². The van der Waals surface area contributed by atoms with Crippen LogP contribution in [0.2, 0.25) is 0 Å². The highest BCUT2D eigenvalue weighted by Crippen LogP contribution is 2.60. The second-order valence-electron chi connectivity index (χ2n) is 12.0. The Hall–Kier alpha value is -3.09. The van der Waals surface area contributed by atoms with Gasteiger partial charge in [0.25, 0.3) is 0 Å². The van der Waals surface area contributed by atoms with Crippen molar-refractivity contribution >= 4 is 0 Å². The van der Waals surface area contributed by atoms with Gasteiger partial charge in [-0.2, -0.15) is 15.8 Å². The van der Waals surface area contributed by atoms with Crippen molar-refractivity contribution in [3.05, 3.63) is 69.3 Å². The summed E-state index contributed by atoms with van der Waals surface area (Å²) in [5.74, 6) is 0. The highest BCUT2D eigenvalue weighted by Gasteiger charge is 2.49. The van der Waals surface area contributed by atoms with E-state index in [-0.39, 0.29) is 5.41 Å². The van der Waals surface area contributed by atoms with E-state index in [4.69, 9.17) is 0 Å². The molecule has 3 nitrogen and oxygen atoms in total. The zero-order chi connectivity index (χ0) is 27.0. The standard InChI is InChI=1S/C35H43N3/c1-3-5-7-9-28-12-10-27(23-30(28)24-36)11-13-29-14-15-33(32(26-38)31(29)25-37)35-20-17-34(18-21-35,19-22-35)16-8-6-4-2/h10,12,14-15,23H,3-9,11,13,16-22H2,1-2H3. The Labute approximate surface area is 230 Å². The first-order valence-corrected chi connectivity index (χ1v) is 15.0. The Morgan fingerprint density at radius 3 is 1.95 bits per heavy atom. The van der Waals surface area contributed by atoms with E-state index in [1.165, 1.54) is 57.8 Å². The minimum atomic E-state index is 0.0665. The first-order valence-electron chi connectivity index (χ1n) is 15.0. The van der Waals surface area contributed by atoms with Gasteiger partial charge < -0.3 is 0 Å². The molecule has 0 spiro atoms. The van der Waals surface area contributed by atoms with Crippen molar-refractivity contribution in [3.63, 3.8) is 0 Å². The van der Waals surface area contributed by atoms with Crippen LogP contribution < -0.4 is 0 Å². The lowest BCUT2D eigenvalue weighted by Crippen LogP contribution is -2.44.